The van der Waals surface area contributed by atoms with E-state index in [-0.39, 0.29) is 5.97 Å². The number of fused-ring (bicyclic) bond motifs is 1. The molecule has 20 heavy (non-hydrogen) atoms. The molecule has 3 aromatic heterocycles. The molecule has 0 saturated heterocycles. The van der Waals surface area contributed by atoms with Crippen LogP contribution in [0.25, 0.3) is 16.9 Å². The van der Waals surface area contributed by atoms with Crippen molar-refractivity contribution in [3.05, 3.63) is 54.4 Å². The minimum atomic E-state index is -0.380. The Morgan fingerprint density at radius 2 is 2.10 bits per heavy atom. The van der Waals surface area contributed by atoms with Gasteiger partial charge in [-0.3, -0.25) is 4.98 Å². The molecule has 0 N–H and O–H groups in total. The third-order valence-corrected chi connectivity index (χ3v) is 2.93. The number of hydrogen-bond acceptors (Lipinski definition) is 4. The van der Waals surface area contributed by atoms with Crippen LogP contribution in [-0.4, -0.2) is 27.2 Å². The summed E-state index contributed by atoms with van der Waals surface area (Å²) in [6.07, 6.45) is 3.47. The molecule has 0 fully saturated rings. The van der Waals surface area contributed by atoms with Crippen LogP contribution in [0.1, 0.15) is 17.3 Å². The van der Waals surface area contributed by atoms with Gasteiger partial charge in [0.05, 0.1) is 17.8 Å². The largest absolute Gasteiger partial charge is 0.462 e. The Morgan fingerprint density at radius 3 is 2.85 bits per heavy atom. The minimum Gasteiger partial charge on any atom is -0.462 e. The number of esters is 1. The Labute approximate surface area is 115 Å². The highest BCUT2D eigenvalue weighted by molar-refractivity contribution is 6.02. The highest BCUT2D eigenvalue weighted by Gasteiger charge is 2.22. The molecule has 0 aliphatic rings. The second kappa shape index (κ2) is 5.13. The topological polar surface area (TPSA) is 56.5 Å². The van der Waals surface area contributed by atoms with Crippen molar-refractivity contribution in [2.45, 2.75) is 6.92 Å². The number of carbonyl (C=O) groups is 1. The van der Waals surface area contributed by atoms with E-state index in [2.05, 4.69) is 10.1 Å². The Morgan fingerprint density at radius 1 is 1.25 bits per heavy atom. The molecule has 3 heterocycles. The summed E-state index contributed by atoms with van der Waals surface area (Å²) in [5.41, 5.74) is 2.35. The quantitative estimate of drug-likeness (QED) is 0.684. The van der Waals surface area contributed by atoms with E-state index in [1.54, 1.807) is 23.8 Å². The minimum absolute atomic E-state index is 0.324. The summed E-state index contributed by atoms with van der Waals surface area (Å²) in [6, 6.07) is 11.1. The molecule has 0 atom stereocenters. The predicted octanol–water partition coefficient (Wildman–Crippen LogP) is 2.57. The standard InChI is InChI=1S/C15H13N3O2/c1-2-20-15(19)13-12-8-4-6-10-18(12)17-14(13)11-7-3-5-9-16-11/h3-10H,2H2,1H3. The van der Waals surface area contributed by atoms with Crippen LogP contribution in [0.5, 0.6) is 0 Å². The molecule has 0 aliphatic heterocycles. The molecule has 0 radical (unpaired) electrons. The second-order valence-corrected chi connectivity index (χ2v) is 4.19. The number of rotatable bonds is 3. The van der Waals surface area contributed by atoms with E-state index in [9.17, 15) is 4.79 Å². The Hall–Kier alpha value is -2.69. The van der Waals surface area contributed by atoms with Gasteiger partial charge in [-0.2, -0.15) is 5.10 Å². The zero-order chi connectivity index (χ0) is 13.9. The number of nitrogens with zero attached hydrogens (tertiary/aromatic N) is 3. The van der Waals surface area contributed by atoms with Gasteiger partial charge in [-0.1, -0.05) is 12.1 Å². The van der Waals surface area contributed by atoms with Crippen LogP contribution in [0.4, 0.5) is 0 Å². The SMILES string of the molecule is CCOC(=O)c1c(-c2ccccn2)nn2ccccc12. The van der Waals surface area contributed by atoms with E-state index in [4.69, 9.17) is 4.74 Å². The first kappa shape index (κ1) is 12.3. The Kier molecular flexibility index (Phi) is 3.16. The molecule has 100 valence electrons. The Balaban J connectivity index is 2.25. The summed E-state index contributed by atoms with van der Waals surface area (Å²) >= 11 is 0. The third kappa shape index (κ3) is 2.03. The van der Waals surface area contributed by atoms with Gasteiger partial charge in [0.1, 0.15) is 11.3 Å². The Bertz CT molecular complexity index is 750. The van der Waals surface area contributed by atoms with Gasteiger partial charge in [0.25, 0.3) is 0 Å². The summed E-state index contributed by atoms with van der Waals surface area (Å²) in [6.45, 7) is 2.11. The fraction of sp³-hybridized carbons (Fsp3) is 0.133. The van der Waals surface area contributed by atoms with E-state index < -0.39 is 0 Å². The van der Waals surface area contributed by atoms with Gasteiger partial charge >= 0.3 is 5.97 Å². The van der Waals surface area contributed by atoms with Gasteiger partial charge in [-0.05, 0) is 31.2 Å². The summed E-state index contributed by atoms with van der Waals surface area (Å²) in [7, 11) is 0. The number of carbonyl (C=O) groups excluding carboxylic acids is 1. The molecule has 0 unspecified atom stereocenters. The maximum absolute atomic E-state index is 12.2. The first-order chi connectivity index (χ1) is 9.81. The zero-order valence-electron chi connectivity index (χ0n) is 11.0. The van der Waals surface area contributed by atoms with Gasteiger partial charge in [-0.25, -0.2) is 9.31 Å². The first-order valence-electron chi connectivity index (χ1n) is 6.37. The van der Waals surface area contributed by atoms with Gasteiger partial charge in [0.15, 0.2) is 0 Å². The van der Waals surface area contributed by atoms with Crippen molar-refractivity contribution in [3.63, 3.8) is 0 Å². The van der Waals surface area contributed by atoms with Crippen LogP contribution in [-0.2, 0) is 4.74 Å². The zero-order valence-corrected chi connectivity index (χ0v) is 11.0. The molecule has 5 nitrogen and oxygen atoms in total. The lowest BCUT2D eigenvalue weighted by Gasteiger charge is -2.02. The van der Waals surface area contributed by atoms with Gasteiger partial charge in [0.2, 0.25) is 0 Å². The number of ether oxygens (including phenoxy) is 1. The summed E-state index contributed by atoms with van der Waals surface area (Å²) in [5.74, 6) is -0.380. The second-order valence-electron chi connectivity index (χ2n) is 4.19. The summed E-state index contributed by atoms with van der Waals surface area (Å²) < 4.78 is 6.80. The monoisotopic (exact) mass is 267 g/mol. The lowest BCUT2D eigenvalue weighted by atomic mass is 10.1. The van der Waals surface area contributed by atoms with Gasteiger partial charge in [-0.15, -0.1) is 0 Å². The fourth-order valence-corrected chi connectivity index (χ4v) is 2.09. The number of pyridine rings is 2. The van der Waals surface area contributed by atoms with Crippen molar-refractivity contribution in [3.8, 4) is 11.4 Å². The van der Waals surface area contributed by atoms with Gasteiger partial charge in [0, 0.05) is 12.4 Å². The summed E-state index contributed by atoms with van der Waals surface area (Å²) in [5, 5.41) is 4.44. The molecule has 0 bridgehead atoms. The highest BCUT2D eigenvalue weighted by Crippen LogP contribution is 2.25. The fourth-order valence-electron chi connectivity index (χ4n) is 2.09. The van der Waals surface area contributed by atoms with Crippen molar-refractivity contribution in [2.75, 3.05) is 6.61 Å². The van der Waals surface area contributed by atoms with Crippen molar-refractivity contribution >= 4 is 11.5 Å². The maximum Gasteiger partial charge on any atom is 0.342 e. The molecule has 0 saturated carbocycles. The van der Waals surface area contributed by atoms with Crippen LogP contribution >= 0.6 is 0 Å². The van der Waals surface area contributed by atoms with Crippen LogP contribution in [0.3, 0.4) is 0 Å². The van der Waals surface area contributed by atoms with Crippen LogP contribution in [0.15, 0.2) is 48.8 Å². The normalized spacial score (nSPS) is 10.7. The molecule has 0 aromatic carbocycles. The molecule has 5 heteroatoms. The van der Waals surface area contributed by atoms with E-state index >= 15 is 0 Å². The van der Waals surface area contributed by atoms with E-state index in [1.807, 2.05) is 36.4 Å². The average molecular weight is 267 g/mol. The average Bonchev–Trinajstić information content (AvgIpc) is 2.88. The van der Waals surface area contributed by atoms with Crippen LogP contribution < -0.4 is 0 Å². The maximum atomic E-state index is 12.2. The van der Waals surface area contributed by atoms with E-state index in [0.717, 1.165) is 0 Å². The molecule has 0 aliphatic carbocycles. The summed E-state index contributed by atoms with van der Waals surface area (Å²) in [4.78, 5) is 16.5. The van der Waals surface area contributed by atoms with Gasteiger partial charge < -0.3 is 4.74 Å². The highest BCUT2D eigenvalue weighted by atomic mass is 16.5. The molecular formula is C15H13N3O2. The predicted molar refractivity (Wildman–Crippen MR) is 74.4 cm³/mol. The lowest BCUT2D eigenvalue weighted by molar-refractivity contribution is 0.0529. The lowest BCUT2D eigenvalue weighted by Crippen LogP contribution is -2.06. The van der Waals surface area contributed by atoms with Crippen LogP contribution in [0.2, 0.25) is 0 Å². The van der Waals surface area contributed by atoms with Crippen LogP contribution in [0, 0.1) is 0 Å². The number of aromatic nitrogens is 3. The first-order valence-corrected chi connectivity index (χ1v) is 6.37. The molecular weight excluding hydrogens is 254 g/mol. The van der Waals surface area contributed by atoms with Crippen molar-refractivity contribution in [2.24, 2.45) is 0 Å². The molecule has 0 amide bonds. The smallest absolute Gasteiger partial charge is 0.342 e. The molecule has 0 spiro atoms. The van der Waals surface area contributed by atoms with E-state index in [0.29, 0.717) is 29.1 Å². The van der Waals surface area contributed by atoms with Crippen molar-refractivity contribution < 1.29 is 9.53 Å². The number of hydrogen-bond donors (Lipinski definition) is 0. The molecule has 3 rings (SSSR count). The van der Waals surface area contributed by atoms with Crippen molar-refractivity contribution in [1.29, 1.82) is 0 Å². The molecule has 3 aromatic rings. The van der Waals surface area contributed by atoms with E-state index in [1.165, 1.54) is 0 Å². The van der Waals surface area contributed by atoms with Crippen molar-refractivity contribution in [1.82, 2.24) is 14.6 Å². The third-order valence-electron chi connectivity index (χ3n) is 2.93.